The second-order valence-electron chi connectivity index (χ2n) is 4.65. The number of hydrogen-bond acceptors (Lipinski definition) is 6. The van der Waals surface area contributed by atoms with Crippen molar-refractivity contribution in [2.24, 2.45) is 5.73 Å². The van der Waals surface area contributed by atoms with Crippen molar-refractivity contribution >= 4 is 19.9 Å². The summed E-state index contributed by atoms with van der Waals surface area (Å²) in [7, 11) is -6.58. The minimum absolute atomic E-state index is 0.0591. The van der Waals surface area contributed by atoms with Crippen LogP contribution in [-0.2, 0) is 24.6 Å². The van der Waals surface area contributed by atoms with E-state index >= 15 is 0 Å². The van der Waals surface area contributed by atoms with Gasteiger partial charge >= 0.3 is 0 Å². The first kappa shape index (κ1) is 14.2. The lowest BCUT2D eigenvalue weighted by molar-refractivity contribution is 0.0345. The Labute approximate surface area is 107 Å². The van der Waals surface area contributed by atoms with E-state index in [2.05, 4.69) is 0 Å². The Kier molecular flexibility index (Phi) is 3.98. The predicted molar refractivity (Wildman–Crippen MR) is 66.1 cm³/mol. The van der Waals surface area contributed by atoms with Gasteiger partial charge in [-0.3, -0.25) is 0 Å². The molecular formula is C9H18N2O5S2. The highest BCUT2D eigenvalue weighted by Crippen LogP contribution is 2.24. The molecular weight excluding hydrogens is 280 g/mol. The van der Waals surface area contributed by atoms with Gasteiger partial charge in [0.1, 0.15) is 9.84 Å². The van der Waals surface area contributed by atoms with Gasteiger partial charge in [-0.05, 0) is 12.8 Å². The summed E-state index contributed by atoms with van der Waals surface area (Å²) in [6, 6.07) is 0. The van der Waals surface area contributed by atoms with Gasteiger partial charge in [0.15, 0.2) is 0 Å². The van der Waals surface area contributed by atoms with Gasteiger partial charge in [-0.1, -0.05) is 0 Å². The van der Waals surface area contributed by atoms with Gasteiger partial charge in [0.05, 0.1) is 36.1 Å². The molecule has 0 aliphatic carbocycles. The summed E-state index contributed by atoms with van der Waals surface area (Å²) in [5, 5.41) is -0.634. The highest BCUT2D eigenvalue weighted by atomic mass is 32.2. The minimum Gasteiger partial charge on any atom is -0.377 e. The van der Waals surface area contributed by atoms with Gasteiger partial charge in [-0.15, -0.1) is 0 Å². The maximum absolute atomic E-state index is 12.4. The zero-order chi connectivity index (χ0) is 13.4. The SMILES string of the molecule is NC1COCCN1S(=O)(=O)C1CCS(=O)(=O)CC1. The molecule has 0 spiro atoms. The quantitative estimate of drug-likeness (QED) is 0.665. The van der Waals surface area contributed by atoms with E-state index in [0.717, 1.165) is 0 Å². The number of ether oxygens (including phenoxy) is 1. The fourth-order valence-electron chi connectivity index (χ4n) is 2.28. The Morgan fingerprint density at radius 1 is 1.22 bits per heavy atom. The highest BCUT2D eigenvalue weighted by Gasteiger charge is 2.39. The topological polar surface area (TPSA) is 107 Å². The normalized spacial score (nSPS) is 31.3. The summed E-state index contributed by atoms with van der Waals surface area (Å²) in [6.07, 6.45) is -0.342. The van der Waals surface area contributed by atoms with Crippen molar-refractivity contribution in [1.29, 1.82) is 0 Å². The third kappa shape index (κ3) is 2.85. The summed E-state index contributed by atoms with van der Waals surface area (Å²) in [5.41, 5.74) is 5.73. The molecule has 0 saturated carbocycles. The van der Waals surface area contributed by atoms with Crippen molar-refractivity contribution in [1.82, 2.24) is 4.31 Å². The molecule has 2 fully saturated rings. The van der Waals surface area contributed by atoms with Gasteiger partial charge in [0.25, 0.3) is 0 Å². The molecule has 1 atom stereocenters. The number of rotatable bonds is 2. The van der Waals surface area contributed by atoms with Crippen LogP contribution in [0.1, 0.15) is 12.8 Å². The summed E-state index contributed by atoms with van der Waals surface area (Å²) < 4.78 is 53.7. The number of sulfonamides is 1. The van der Waals surface area contributed by atoms with Crippen LogP contribution in [0.4, 0.5) is 0 Å². The minimum atomic E-state index is -3.52. The van der Waals surface area contributed by atoms with Gasteiger partial charge in [-0.25, -0.2) is 16.8 Å². The van der Waals surface area contributed by atoms with E-state index in [9.17, 15) is 16.8 Å². The van der Waals surface area contributed by atoms with Gasteiger partial charge in [-0.2, -0.15) is 4.31 Å². The molecule has 2 rings (SSSR count). The van der Waals surface area contributed by atoms with Crippen LogP contribution in [-0.4, -0.2) is 63.8 Å². The third-order valence-corrected chi connectivity index (χ3v) is 7.50. The highest BCUT2D eigenvalue weighted by molar-refractivity contribution is 7.92. The first-order valence-corrected chi connectivity index (χ1v) is 9.20. The lowest BCUT2D eigenvalue weighted by Gasteiger charge is -2.35. The number of hydrogen-bond donors (Lipinski definition) is 1. The molecule has 0 radical (unpaired) electrons. The molecule has 18 heavy (non-hydrogen) atoms. The summed E-state index contributed by atoms with van der Waals surface area (Å²) in [5.74, 6) is -0.118. The van der Waals surface area contributed by atoms with E-state index in [1.807, 2.05) is 0 Å². The van der Waals surface area contributed by atoms with Crippen molar-refractivity contribution < 1.29 is 21.6 Å². The number of nitrogens with zero attached hydrogens (tertiary/aromatic N) is 1. The fraction of sp³-hybridized carbons (Fsp3) is 1.00. The molecule has 0 aromatic heterocycles. The largest absolute Gasteiger partial charge is 0.377 e. The van der Waals surface area contributed by atoms with Crippen molar-refractivity contribution in [3.05, 3.63) is 0 Å². The molecule has 2 saturated heterocycles. The van der Waals surface area contributed by atoms with Crippen LogP contribution in [0.25, 0.3) is 0 Å². The Hall–Kier alpha value is -0.220. The molecule has 9 heteroatoms. The zero-order valence-electron chi connectivity index (χ0n) is 9.99. The van der Waals surface area contributed by atoms with E-state index in [-0.39, 0.29) is 37.5 Å². The van der Waals surface area contributed by atoms with Gasteiger partial charge < -0.3 is 10.5 Å². The standard InChI is InChI=1S/C9H18N2O5S2/c10-9-7-16-4-3-11(9)18(14,15)8-1-5-17(12,13)6-2-8/h8-9H,1-7,10H2. The molecule has 106 valence electrons. The zero-order valence-corrected chi connectivity index (χ0v) is 11.6. The Morgan fingerprint density at radius 3 is 2.39 bits per heavy atom. The second kappa shape index (κ2) is 5.04. The van der Waals surface area contributed by atoms with Crippen molar-refractivity contribution in [2.45, 2.75) is 24.3 Å². The van der Waals surface area contributed by atoms with E-state index < -0.39 is 31.3 Å². The lowest BCUT2D eigenvalue weighted by atomic mass is 10.2. The molecule has 2 heterocycles. The van der Waals surface area contributed by atoms with E-state index in [1.165, 1.54) is 4.31 Å². The van der Waals surface area contributed by atoms with E-state index in [4.69, 9.17) is 10.5 Å². The van der Waals surface area contributed by atoms with Gasteiger partial charge in [0.2, 0.25) is 10.0 Å². The lowest BCUT2D eigenvalue weighted by Crippen LogP contribution is -2.56. The van der Waals surface area contributed by atoms with Gasteiger partial charge in [0, 0.05) is 6.54 Å². The summed E-state index contributed by atoms with van der Waals surface area (Å²) >= 11 is 0. The number of sulfone groups is 1. The van der Waals surface area contributed by atoms with Crippen LogP contribution in [0.5, 0.6) is 0 Å². The molecule has 0 amide bonds. The molecule has 0 bridgehead atoms. The maximum atomic E-state index is 12.4. The Morgan fingerprint density at radius 2 is 1.83 bits per heavy atom. The molecule has 2 aliphatic heterocycles. The molecule has 7 nitrogen and oxygen atoms in total. The second-order valence-corrected chi connectivity index (χ2v) is 9.12. The molecule has 2 aliphatic rings. The first-order chi connectivity index (χ1) is 8.33. The average Bonchev–Trinajstić information content (AvgIpc) is 2.28. The van der Waals surface area contributed by atoms with Crippen molar-refractivity contribution in [3.63, 3.8) is 0 Å². The third-order valence-electron chi connectivity index (χ3n) is 3.36. The number of nitrogens with two attached hydrogens (primary N) is 1. The monoisotopic (exact) mass is 298 g/mol. The molecule has 2 N–H and O–H groups in total. The molecule has 1 unspecified atom stereocenters. The summed E-state index contributed by atoms with van der Waals surface area (Å²) in [6.45, 7) is 0.759. The molecule has 0 aromatic rings. The molecule has 0 aromatic carbocycles. The first-order valence-electron chi connectivity index (χ1n) is 5.87. The Bertz CT molecular complexity index is 487. The predicted octanol–water partition coefficient (Wildman–Crippen LogP) is -1.49. The maximum Gasteiger partial charge on any atom is 0.218 e. The van der Waals surface area contributed by atoms with Crippen molar-refractivity contribution in [3.8, 4) is 0 Å². The average molecular weight is 298 g/mol. The van der Waals surface area contributed by atoms with Crippen LogP contribution in [0.15, 0.2) is 0 Å². The van der Waals surface area contributed by atoms with Crippen LogP contribution in [0.3, 0.4) is 0 Å². The van der Waals surface area contributed by atoms with Crippen LogP contribution < -0.4 is 5.73 Å². The smallest absolute Gasteiger partial charge is 0.218 e. The van der Waals surface area contributed by atoms with Crippen LogP contribution in [0.2, 0.25) is 0 Å². The Balaban J connectivity index is 2.11. The van der Waals surface area contributed by atoms with Crippen LogP contribution in [0, 0.1) is 0 Å². The van der Waals surface area contributed by atoms with Crippen LogP contribution >= 0.6 is 0 Å². The van der Waals surface area contributed by atoms with E-state index in [0.29, 0.717) is 6.61 Å². The fourth-order valence-corrected chi connectivity index (χ4v) is 6.05. The summed E-state index contributed by atoms with van der Waals surface area (Å²) in [4.78, 5) is 0. The van der Waals surface area contributed by atoms with E-state index in [1.54, 1.807) is 0 Å². The van der Waals surface area contributed by atoms with Crippen molar-refractivity contribution in [2.75, 3.05) is 31.3 Å². The number of morpholine rings is 1.